The largest absolute Gasteiger partial charge is 0.394 e. The van der Waals surface area contributed by atoms with E-state index < -0.39 is 18.2 Å². The number of aliphatic hydroxyl groups is 3. The van der Waals surface area contributed by atoms with Gasteiger partial charge in [-0.1, -0.05) is 262 Å². The van der Waals surface area contributed by atoms with Gasteiger partial charge in [0.1, 0.15) is 6.10 Å². The van der Waals surface area contributed by atoms with Crippen molar-refractivity contribution in [1.82, 2.24) is 5.32 Å². The van der Waals surface area contributed by atoms with Gasteiger partial charge in [0.05, 0.1) is 18.8 Å². The molecular weight excluding hydrogens is 787 g/mol. The second-order valence-corrected chi connectivity index (χ2v) is 19.8. The third-order valence-electron chi connectivity index (χ3n) is 13.4. The molecular formula is C59H113NO4. The number of aliphatic hydroxyl groups excluding tert-OH is 3. The zero-order valence-corrected chi connectivity index (χ0v) is 43.2. The minimum atomic E-state index is -1.17. The van der Waals surface area contributed by atoms with Gasteiger partial charge >= 0.3 is 0 Å². The number of allylic oxidation sites excluding steroid dienone is 6. The highest BCUT2D eigenvalue weighted by atomic mass is 16.3. The van der Waals surface area contributed by atoms with Crippen molar-refractivity contribution >= 4 is 5.91 Å². The molecule has 0 fully saturated rings. The van der Waals surface area contributed by atoms with E-state index in [-0.39, 0.29) is 12.5 Å². The highest BCUT2D eigenvalue weighted by Crippen LogP contribution is 2.17. The molecule has 0 spiro atoms. The van der Waals surface area contributed by atoms with Crippen LogP contribution in [0.2, 0.25) is 0 Å². The van der Waals surface area contributed by atoms with Gasteiger partial charge in [-0.15, -0.1) is 0 Å². The van der Waals surface area contributed by atoms with Crippen LogP contribution < -0.4 is 5.32 Å². The summed E-state index contributed by atoms with van der Waals surface area (Å²) in [5.74, 6) is -0.154. The van der Waals surface area contributed by atoms with E-state index in [1.54, 1.807) is 0 Å². The monoisotopic (exact) mass is 900 g/mol. The Balaban J connectivity index is 3.56. The lowest BCUT2D eigenvalue weighted by atomic mass is 10.0. The molecule has 0 saturated carbocycles. The van der Waals surface area contributed by atoms with Crippen molar-refractivity contribution in [2.24, 2.45) is 0 Å². The summed E-state index contributed by atoms with van der Waals surface area (Å²) in [6, 6.07) is -0.832. The predicted molar refractivity (Wildman–Crippen MR) is 282 cm³/mol. The average Bonchev–Trinajstić information content (AvgIpc) is 3.30. The van der Waals surface area contributed by atoms with E-state index in [0.29, 0.717) is 12.8 Å². The van der Waals surface area contributed by atoms with Gasteiger partial charge in [0.2, 0.25) is 5.91 Å². The number of hydrogen-bond donors (Lipinski definition) is 4. The van der Waals surface area contributed by atoms with Crippen LogP contribution in [0.15, 0.2) is 36.5 Å². The molecule has 0 rings (SSSR count). The smallest absolute Gasteiger partial charge is 0.220 e. The first kappa shape index (κ1) is 62.6. The summed E-state index contributed by atoms with van der Waals surface area (Å²) >= 11 is 0. The minimum absolute atomic E-state index is 0.154. The van der Waals surface area contributed by atoms with Crippen LogP contribution in [0.4, 0.5) is 0 Å². The SMILES string of the molecule is CCCCCCCCCCCCC/C=C/CC/C=C/CCCC(O)C(O)C(CO)NC(=O)CCCCCCCCCCCCCCCC/C=C\CCCCCCCCCCCCCC. The zero-order chi connectivity index (χ0) is 46.5. The summed E-state index contributed by atoms with van der Waals surface area (Å²) in [4.78, 5) is 12.5. The fraction of sp³-hybridized carbons (Fsp3) is 0.881. The summed E-state index contributed by atoms with van der Waals surface area (Å²) in [5, 5.41) is 33.7. The number of nitrogens with one attached hydrogen (secondary N) is 1. The van der Waals surface area contributed by atoms with Gasteiger partial charge in [-0.2, -0.15) is 0 Å². The van der Waals surface area contributed by atoms with E-state index in [1.807, 2.05) is 0 Å². The average molecular weight is 901 g/mol. The van der Waals surface area contributed by atoms with Crippen molar-refractivity contribution in [3.63, 3.8) is 0 Å². The second kappa shape index (κ2) is 54.2. The molecule has 0 heterocycles. The fourth-order valence-corrected chi connectivity index (χ4v) is 9.00. The predicted octanol–water partition coefficient (Wildman–Crippen LogP) is 17.8. The van der Waals surface area contributed by atoms with Crippen molar-refractivity contribution in [2.45, 2.75) is 327 Å². The molecule has 0 saturated heterocycles. The van der Waals surface area contributed by atoms with Crippen LogP contribution in [-0.4, -0.2) is 46.1 Å². The van der Waals surface area contributed by atoms with E-state index >= 15 is 0 Å². The van der Waals surface area contributed by atoms with Gasteiger partial charge in [-0.3, -0.25) is 4.79 Å². The summed E-state index contributed by atoms with van der Waals surface area (Å²) < 4.78 is 0. The maximum Gasteiger partial charge on any atom is 0.220 e. The third-order valence-corrected chi connectivity index (χ3v) is 13.4. The molecule has 64 heavy (non-hydrogen) atoms. The Morgan fingerprint density at radius 1 is 0.375 bits per heavy atom. The Kier molecular flexibility index (Phi) is 53.0. The molecule has 0 aliphatic heterocycles. The third kappa shape index (κ3) is 48.5. The topological polar surface area (TPSA) is 89.8 Å². The number of rotatable bonds is 53. The van der Waals surface area contributed by atoms with Crippen molar-refractivity contribution in [3.05, 3.63) is 36.5 Å². The van der Waals surface area contributed by atoms with Crippen LogP contribution in [0.5, 0.6) is 0 Å². The Hall–Kier alpha value is -1.43. The molecule has 0 radical (unpaired) electrons. The van der Waals surface area contributed by atoms with Gasteiger partial charge in [-0.25, -0.2) is 0 Å². The van der Waals surface area contributed by atoms with Crippen LogP contribution in [0, 0.1) is 0 Å². The van der Waals surface area contributed by atoms with Crippen molar-refractivity contribution in [2.75, 3.05) is 6.61 Å². The Bertz CT molecular complexity index is 993. The van der Waals surface area contributed by atoms with E-state index in [9.17, 15) is 20.1 Å². The van der Waals surface area contributed by atoms with E-state index in [4.69, 9.17) is 0 Å². The lowest BCUT2D eigenvalue weighted by molar-refractivity contribution is -0.124. The molecule has 0 aromatic rings. The van der Waals surface area contributed by atoms with Crippen LogP contribution in [-0.2, 0) is 4.79 Å². The molecule has 3 atom stereocenters. The van der Waals surface area contributed by atoms with Gasteiger partial charge < -0.3 is 20.6 Å². The van der Waals surface area contributed by atoms with E-state index in [1.165, 1.54) is 238 Å². The number of hydrogen-bond acceptors (Lipinski definition) is 4. The molecule has 0 aromatic heterocycles. The van der Waals surface area contributed by atoms with Crippen LogP contribution in [0.25, 0.3) is 0 Å². The summed E-state index contributed by atoms with van der Waals surface area (Å²) in [7, 11) is 0. The number of amides is 1. The van der Waals surface area contributed by atoms with Gasteiger partial charge in [0.25, 0.3) is 0 Å². The van der Waals surface area contributed by atoms with Gasteiger partial charge in [-0.05, 0) is 77.0 Å². The maximum atomic E-state index is 12.5. The molecule has 0 bridgehead atoms. The van der Waals surface area contributed by atoms with Crippen LogP contribution >= 0.6 is 0 Å². The molecule has 0 aliphatic carbocycles. The Morgan fingerprint density at radius 2 is 0.641 bits per heavy atom. The van der Waals surface area contributed by atoms with E-state index in [0.717, 1.165) is 44.9 Å². The lowest BCUT2D eigenvalue weighted by Gasteiger charge is -2.26. The van der Waals surface area contributed by atoms with Gasteiger partial charge in [0.15, 0.2) is 0 Å². The standard InChI is InChI=1S/C59H113NO4/c1-3-5-7-9-11-13-15-17-19-21-23-25-26-27-28-29-30-31-32-33-34-36-38-40-42-44-46-48-50-52-54-58(63)60-56(55-61)59(64)57(62)53-51-49-47-45-43-41-39-37-35-24-22-20-18-16-14-12-10-8-6-4-2/h27-28,37,39,45,47,56-57,59,61-62,64H,3-26,29-36,38,40-44,46,48-55H2,1-2H3,(H,60,63)/b28-27-,39-37+,47-45+. The van der Waals surface area contributed by atoms with Crippen LogP contribution in [0.1, 0.15) is 309 Å². The van der Waals surface area contributed by atoms with Crippen molar-refractivity contribution in [3.8, 4) is 0 Å². The zero-order valence-electron chi connectivity index (χ0n) is 43.2. The Labute approximate surface area is 400 Å². The molecule has 0 aromatic carbocycles. The first-order chi connectivity index (χ1) is 31.6. The quantitative estimate of drug-likeness (QED) is 0.0362. The number of carbonyl (C=O) groups is 1. The maximum absolute atomic E-state index is 12.5. The minimum Gasteiger partial charge on any atom is -0.394 e. The Morgan fingerprint density at radius 3 is 0.953 bits per heavy atom. The summed E-state index contributed by atoms with van der Waals surface area (Å²) in [6.45, 7) is 4.20. The molecule has 0 aliphatic rings. The van der Waals surface area contributed by atoms with Crippen molar-refractivity contribution < 1.29 is 20.1 Å². The van der Waals surface area contributed by atoms with Crippen molar-refractivity contribution in [1.29, 1.82) is 0 Å². The molecule has 5 nitrogen and oxygen atoms in total. The van der Waals surface area contributed by atoms with E-state index in [2.05, 4.69) is 55.6 Å². The summed E-state index contributed by atoms with van der Waals surface area (Å²) in [6.07, 6.45) is 70.2. The fourth-order valence-electron chi connectivity index (χ4n) is 9.00. The number of carbonyl (C=O) groups excluding carboxylic acids is 1. The second-order valence-electron chi connectivity index (χ2n) is 19.8. The first-order valence-corrected chi connectivity index (χ1v) is 28.8. The highest BCUT2D eigenvalue weighted by Gasteiger charge is 2.26. The number of unbranched alkanes of at least 4 members (excludes halogenated alkanes) is 39. The lowest BCUT2D eigenvalue weighted by Crippen LogP contribution is -2.50. The normalized spacial score (nSPS) is 13.5. The molecule has 5 heteroatoms. The molecule has 4 N–H and O–H groups in total. The molecule has 3 unspecified atom stereocenters. The first-order valence-electron chi connectivity index (χ1n) is 28.8. The highest BCUT2D eigenvalue weighted by molar-refractivity contribution is 5.76. The molecule has 1 amide bonds. The molecule has 378 valence electrons. The van der Waals surface area contributed by atoms with Gasteiger partial charge in [0, 0.05) is 6.42 Å². The van der Waals surface area contributed by atoms with Crippen LogP contribution in [0.3, 0.4) is 0 Å². The summed E-state index contributed by atoms with van der Waals surface area (Å²) in [5.41, 5.74) is 0.